The summed E-state index contributed by atoms with van der Waals surface area (Å²) in [5.41, 5.74) is 7.24. The van der Waals surface area contributed by atoms with Crippen molar-refractivity contribution in [2.75, 3.05) is 12.8 Å². The molecule has 2 N–H and O–H groups in total. The normalized spacial score (nSPS) is 9.65. The number of nitrogens with two attached hydrogens (primary N) is 1. The Morgan fingerprint density at radius 2 is 1.94 bits per heavy atom. The van der Waals surface area contributed by atoms with Gasteiger partial charge in [0.05, 0.1) is 12.8 Å². The van der Waals surface area contributed by atoms with Gasteiger partial charge in [0.15, 0.2) is 0 Å². The van der Waals surface area contributed by atoms with E-state index in [4.69, 9.17) is 15.7 Å². The molecule has 0 aliphatic carbocycles. The first-order valence-electron chi connectivity index (χ1n) is 4.93. The first-order valence-corrected chi connectivity index (χ1v) is 4.93. The summed E-state index contributed by atoms with van der Waals surface area (Å²) in [6, 6.07) is 11.5. The van der Waals surface area contributed by atoms with E-state index >= 15 is 0 Å². The lowest BCUT2D eigenvalue weighted by Crippen LogP contribution is -2.03. The molecule has 2 rings (SSSR count). The van der Waals surface area contributed by atoms with Crippen molar-refractivity contribution in [2.45, 2.75) is 0 Å². The molecule has 5 nitrogen and oxygen atoms in total. The number of rotatable bonds is 2. The third-order valence-electron chi connectivity index (χ3n) is 2.26. The van der Waals surface area contributed by atoms with Crippen molar-refractivity contribution in [2.24, 2.45) is 0 Å². The molecular weight excluding hydrogens is 216 g/mol. The third kappa shape index (κ3) is 2.01. The van der Waals surface area contributed by atoms with E-state index in [1.54, 1.807) is 0 Å². The minimum absolute atomic E-state index is 0.123. The van der Waals surface area contributed by atoms with Crippen LogP contribution >= 0.6 is 0 Å². The van der Waals surface area contributed by atoms with Crippen LogP contribution in [0.2, 0.25) is 0 Å². The zero-order valence-corrected chi connectivity index (χ0v) is 9.21. The number of nitrogens with zero attached hydrogens (tertiary/aromatic N) is 3. The van der Waals surface area contributed by atoms with Gasteiger partial charge in [-0.05, 0) is 0 Å². The molecule has 2 aromatic rings. The van der Waals surface area contributed by atoms with E-state index < -0.39 is 0 Å². The standard InChI is InChI=1S/C12H10N4O/c1-17-12-15-10(8-5-3-2-4-6-8)9(7-13)11(14)16-12/h2-6H,1H3,(H2,14,15,16). The number of nitrogen functional groups attached to an aromatic ring is 1. The minimum Gasteiger partial charge on any atom is -0.467 e. The van der Waals surface area contributed by atoms with Gasteiger partial charge in [-0.1, -0.05) is 30.3 Å². The smallest absolute Gasteiger partial charge is 0.318 e. The molecule has 1 aromatic heterocycles. The zero-order chi connectivity index (χ0) is 12.3. The Morgan fingerprint density at radius 3 is 2.53 bits per heavy atom. The van der Waals surface area contributed by atoms with E-state index in [0.29, 0.717) is 5.69 Å². The molecule has 0 radical (unpaired) electrons. The van der Waals surface area contributed by atoms with Crippen LogP contribution in [0.3, 0.4) is 0 Å². The number of ether oxygens (including phenoxy) is 1. The van der Waals surface area contributed by atoms with Crippen LogP contribution in [-0.4, -0.2) is 17.1 Å². The first kappa shape index (κ1) is 10.9. The van der Waals surface area contributed by atoms with Crippen LogP contribution in [0.15, 0.2) is 30.3 Å². The molecular formula is C12H10N4O. The summed E-state index contributed by atoms with van der Waals surface area (Å²) in [4.78, 5) is 8.03. The van der Waals surface area contributed by atoms with Crippen molar-refractivity contribution in [1.29, 1.82) is 5.26 Å². The number of hydrogen-bond acceptors (Lipinski definition) is 5. The lowest BCUT2D eigenvalue weighted by molar-refractivity contribution is 0.381. The van der Waals surface area contributed by atoms with Crippen molar-refractivity contribution >= 4 is 5.82 Å². The Morgan fingerprint density at radius 1 is 1.24 bits per heavy atom. The lowest BCUT2D eigenvalue weighted by atomic mass is 10.1. The van der Waals surface area contributed by atoms with Crippen LogP contribution in [-0.2, 0) is 0 Å². The Bertz CT molecular complexity index is 575. The molecule has 0 atom stereocenters. The topological polar surface area (TPSA) is 84.8 Å². The Labute approximate surface area is 98.5 Å². The molecule has 1 aromatic carbocycles. The van der Waals surface area contributed by atoms with Gasteiger partial charge in [0.25, 0.3) is 0 Å². The molecule has 0 saturated carbocycles. The highest BCUT2D eigenvalue weighted by atomic mass is 16.5. The monoisotopic (exact) mass is 226 g/mol. The second-order valence-electron chi connectivity index (χ2n) is 3.30. The fourth-order valence-electron chi connectivity index (χ4n) is 1.46. The Hall–Kier alpha value is -2.61. The van der Waals surface area contributed by atoms with Gasteiger partial charge in [-0.15, -0.1) is 0 Å². The number of nitriles is 1. The van der Waals surface area contributed by atoms with E-state index in [1.165, 1.54) is 7.11 Å². The summed E-state index contributed by atoms with van der Waals surface area (Å²) in [7, 11) is 1.45. The van der Waals surface area contributed by atoms with Gasteiger partial charge in [0, 0.05) is 5.56 Å². The van der Waals surface area contributed by atoms with E-state index in [-0.39, 0.29) is 17.4 Å². The number of methoxy groups -OCH3 is 1. The fraction of sp³-hybridized carbons (Fsp3) is 0.0833. The van der Waals surface area contributed by atoms with Crippen molar-refractivity contribution in [1.82, 2.24) is 9.97 Å². The molecule has 0 unspecified atom stereocenters. The molecule has 0 bridgehead atoms. The second-order valence-corrected chi connectivity index (χ2v) is 3.30. The maximum absolute atomic E-state index is 9.07. The average Bonchev–Trinajstić information content (AvgIpc) is 2.38. The quantitative estimate of drug-likeness (QED) is 0.840. The summed E-state index contributed by atoms with van der Waals surface area (Å²) >= 11 is 0. The van der Waals surface area contributed by atoms with Gasteiger partial charge < -0.3 is 10.5 Å². The van der Waals surface area contributed by atoms with Gasteiger partial charge in [0.1, 0.15) is 17.5 Å². The highest BCUT2D eigenvalue weighted by Crippen LogP contribution is 2.25. The maximum Gasteiger partial charge on any atom is 0.318 e. The van der Waals surface area contributed by atoms with Crippen LogP contribution in [0.25, 0.3) is 11.3 Å². The summed E-state index contributed by atoms with van der Waals surface area (Å²) in [5.74, 6) is 0.123. The highest BCUT2D eigenvalue weighted by molar-refractivity contribution is 5.72. The minimum atomic E-state index is 0.123. The number of hydrogen-bond donors (Lipinski definition) is 1. The molecule has 1 heterocycles. The predicted molar refractivity (Wildman–Crippen MR) is 63.1 cm³/mol. The molecule has 17 heavy (non-hydrogen) atoms. The van der Waals surface area contributed by atoms with Gasteiger partial charge in [-0.25, -0.2) is 0 Å². The summed E-state index contributed by atoms with van der Waals surface area (Å²) < 4.78 is 4.95. The van der Waals surface area contributed by atoms with E-state index in [9.17, 15) is 0 Å². The summed E-state index contributed by atoms with van der Waals surface area (Å²) in [6.07, 6.45) is 0. The number of anilines is 1. The molecule has 0 aliphatic rings. The number of aromatic nitrogens is 2. The average molecular weight is 226 g/mol. The fourth-order valence-corrected chi connectivity index (χ4v) is 1.46. The van der Waals surface area contributed by atoms with E-state index in [2.05, 4.69) is 9.97 Å². The molecule has 0 fully saturated rings. The molecule has 0 aliphatic heterocycles. The van der Waals surface area contributed by atoms with Crippen molar-refractivity contribution in [3.63, 3.8) is 0 Å². The van der Waals surface area contributed by atoms with Crippen LogP contribution in [0.4, 0.5) is 5.82 Å². The van der Waals surface area contributed by atoms with Gasteiger partial charge in [-0.3, -0.25) is 0 Å². The highest BCUT2D eigenvalue weighted by Gasteiger charge is 2.13. The molecule has 0 saturated heterocycles. The van der Waals surface area contributed by atoms with Crippen molar-refractivity contribution in [3.8, 4) is 23.3 Å². The number of benzene rings is 1. The van der Waals surface area contributed by atoms with Crippen molar-refractivity contribution in [3.05, 3.63) is 35.9 Å². The second kappa shape index (κ2) is 4.49. The molecule has 84 valence electrons. The Balaban J connectivity index is 2.68. The predicted octanol–water partition coefficient (Wildman–Crippen LogP) is 1.61. The van der Waals surface area contributed by atoms with Crippen LogP contribution < -0.4 is 10.5 Å². The van der Waals surface area contributed by atoms with Gasteiger partial charge in [-0.2, -0.15) is 15.2 Å². The van der Waals surface area contributed by atoms with Crippen LogP contribution in [0, 0.1) is 11.3 Å². The lowest BCUT2D eigenvalue weighted by Gasteiger charge is -2.07. The largest absolute Gasteiger partial charge is 0.467 e. The molecule has 5 heteroatoms. The summed E-state index contributed by atoms with van der Waals surface area (Å²) in [6.45, 7) is 0. The van der Waals surface area contributed by atoms with Gasteiger partial charge >= 0.3 is 6.01 Å². The zero-order valence-electron chi connectivity index (χ0n) is 9.21. The van der Waals surface area contributed by atoms with Crippen LogP contribution in [0.5, 0.6) is 6.01 Å². The molecule has 0 amide bonds. The third-order valence-corrected chi connectivity index (χ3v) is 2.26. The summed E-state index contributed by atoms with van der Waals surface area (Å²) in [5, 5.41) is 9.07. The van der Waals surface area contributed by atoms with Gasteiger partial charge in [0.2, 0.25) is 0 Å². The van der Waals surface area contributed by atoms with Crippen molar-refractivity contribution < 1.29 is 4.74 Å². The SMILES string of the molecule is COc1nc(N)c(C#N)c(-c2ccccc2)n1. The first-order chi connectivity index (χ1) is 8.26. The maximum atomic E-state index is 9.07. The van der Waals surface area contributed by atoms with E-state index in [0.717, 1.165) is 5.56 Å². The van der Waals surface area contributed by atoms with Crippen LogP contribution in [0.1, 0.15) is 5.56 Å². The van der Waals surface area contributed by atoms with E-state index in [1.807, 2.05) is 36.4 Å². The Kier molecular flexibility index (Phi) is 2.88. The molecule has 0 spiro atoms.